The van der Waals surface area contributed by atoms with Crippen LogP contribution < -0.4 is 0 Å². The minimum atomic E-state index is -1.57. The molecule has 0 aromatic heterocycles. The van der Waals surface area contributed by atoms with Crippen LogP contribution >= 0.6 is 0 Å². The van der Waals surface area contributed by atoms with Crippen molar-refractivity contribution >= 4 is 5.97 Å². The molecule has 0 bridgehead atoms. The van der Waals surface area contributed by atoms with Gasteiger partial charge in [-0.25, -0.2) is 4.79 Å². The van der Waals surface area contributed by atoms with Crippen LogP contribution in [0.4, 0.5) is 0 Å². The Kier molecular flexibility index (Phi) is 4.59. The molecule has 5 N–H and O–H groups in total. The number of ether oxygens (including phenoxy) is 2. The maximum absolute atomic E-state index is 10.2. The molecular weight excluding hydrogens is 224 g/mol. The van der Waals surface area contributed by atoms with Crippen LogP contribution in [-0.2, 0) is 14.3 Å². The van der Waals surface area contributed by atoms with E-state index in [1.165, 1.54) is 0 Å². The summed E-state index contributed by atoms with van der Waals surface area (Å²) in [5.41, 5.74) is 0. The van der Waals surface area contributed by atoms with Crippen molar-refractivity contribution in [1.29, 1.82) is 0 Å². The standard InChI is InChI=1S/C8H14O8/c9-1-3-5(12)6(13)7(14)8(16-3)15-2-4(10)11/h3,5-9,12-14H,1-2H2,(H,10,11)/t3-,5-,6+,7+,8+/m1/s1. The molecule has 0 aliphatic carbocycles. The van der Waals surface area contributed by atoms with E-state index in [4.69, 9.17) is 14.9 Å². The zero-order valence-corrected chi connectivity index (χ0v) is 8.26. The summed E-state index contributed by atoms with van der Waals surface area (Å²) in [5.74, 6) is -1.27. The van der Waals surface area contributed by atoms with Crippen molar-refractivity contribution in [2.24, 2.45) is 0 Å². The Bertz CT molecular complexity index is 242. The number of rotatable bonds is 4. The van der Waals surface area contributed by atoms with E-state index in [9.17, 15) is 20.1 Å². The summed E-state index contributed by atoms with van der Waals surface area (Å²) in [4.78, 5) is 10.2. The molecule has 1 saturated heterocycles. The third kappa shape index (κ3) is 2.88. The lowest BCUT2D eigenvalue weighted by Crippen LogP contribution is -2.59. The lowest BCUT2D eigenvalue weighted by atomic mass is 9.99. The van der Waals surface area contributed by atoms with Crippen LogP contribution in [-0.4, -0.2) is 75.4 Å². The monoisotopic (exact) mass is 238 g/mol. The maximum Gasteiger partial charge on any atom is 0.329 e. The second kappa shape index (κ2) is 5.53. The number of hydrogen-bond acceptors (Lipinski definition) is 7. The predicted molar refractivity (Wildman–Crippen MR) is 47.4 cm³/mol. The van der Waals surface area contributed by atoms with Crippen LogP contribution in [0.2, 0.25) is 0 Å². The van der Waals surface area contributed by atoms with Crippen molar-refractivity contribution in [2.75, 3.05) is 13.2 Å². The lowest BCUT2D eigenvalue weighted by molar-refractivity contribution is -0.300. The van der Waals surface area contributed by atoms with Crippen LogP contribution in [0.15, 0.2) is 0 Å². The first-order chi connectivity index (χ1) is 7.47. The quantitative estimate of drug-likeness (QED) is 0.347. The molecule has 8 heteroatoms. The zero-order valence-electron chi connectivity index (χ0n) is 8.26. The summed E-state index contributed by atoms with van der Waals surface area (Å²) in [6, 6.07) is 0. The number of carbonyl (C=O) groups is 1. The first-order valence-electron chi connectivity index (χ1n) is 4.61. The van der Waals surface area contributed by atoms with E-state index >= 15 is 0 Å². The molecule has 1 rings (SSSR count). The first kappa shape index (κ1) is 13.3. The molecule has 1 heterocycles. The number of carboxylic acid groups (broad SMARTS) is 1. The largest absolute Gasteiger partial charge is 0.480 e. The highest BCUT2D eigenvalue weighted by molar-refractivity contribution is 5.68. The van der Waals surface area contributed by atoms with Gasteiger partial charge in [0.05, 0.1) is 6.61 Å². The van der Waals surface area contributed by atoms with Gasteiger partial charge in [-0.3, -0.25) is 0 Å². The number of carboxylic acids is 1. The summed E-state index contributed by atoms with van der Waals surface area (Å²) in [6.07, 6.45) is -7.12. The molecule has 1 aliphatic heterocycles. The Balaban J connectivity index is 2.60. The van der Waals surface area contributed by atoms with E-state index in [0.29, 0.717) is 0 Å². The minimum Gasteiger partial charge on any atom is -0.480 e. The van der Waals surface area contributed by atoms with Crippen molar-refractivity contribution in [1.82, 2.24) is 0 Å². The Morgan fingerprint density at radius 1 is 1.19 bits per heavy atom. The smallest absolute Gasteiger partial charge is 0.329 e. The third-order valence-corrected chi connectivity index (χ3v) is 2.22. The molecule has 0 amide bonds. The first-order valence-corrected chi connectivity index (χ1v) is 4.61. The fraction of sp³-hybridized carbons (Fsp3) is 0.875. The van der Waals surface area contributed by atoms with Gasteiger partial charge < -0.3 is 35.0 Å². The van der Waals surface area contributed by atoms with Crippen molar-refractivity contribution in [3.8, 4) is 0 Å². The minimum absolute atomic E-state index is 0.585. The predicted octanol–water partition coefficient (Wildman–Crippen LogP) is -3.11. The highest BCUT2D eigenvalue weighted by Gasteiger charge is 2.44. The molecule has 0 aromatic carbocycles. The number of aliphatic hydroxyl groups excluding tert-OH is 4. The molecule has 0 aromatic rings. The number of hydrogen-bond donors (Lipinski definition) is 5. The van der Waals surface area contributed by atoms with Gasteiger partial charge in [0, 0.05) is 0 Å². The van der Waals surface area contributed by atoms with Gasteiger partial charge in [0.2, 0.25) is 0 Å². The molecule has 0 saturated carbocycles. The van der Waals surface area contributed by atoms with Gasteiger partial charge in [-0.05, 0) is 0 Å². The summed E-state index contributed by atoms with van der Waals surface area (Å²) in [6.45, 7) is -1.30. The SMILES string of the molecule is O=C(O)CO[C@H]1O[C@H](CO)[C@@H](O)[C@H](O)[C@@H]1O. The van der Waals surface area contributed by atoms with E-state index < -0.39 is 49.9 Å². The van der Waals surface area contributed by atoms with Gasteiger partial charge in [-0.1, -0.05) is 0 Å². The van der Waals surface area contributed by atoms with Crippen LogP contribution in [0.1, 0.15) is 0 Å². The molecule has 94 valence electrons. The Hall–Kier alpha value is -0.770. The van der Waals surface area contributed by atoms with E-state index in [0.717, 1.165) is 0 Å². The van der Waals surface area contributed by atoms with Crippen molar-refractivity contribution in [3.63, 3.8) is 0 Å². The molecule has 5 atom stereocenters. The number of aliphatic hydroxyl groups is 4. The zero-order chi connectivity index (χ0) is 12.3. The van der Waals surface area contributed by atoms with E-state index in [1.807, 2.05) is 0 Å². The number of aliphatic carboxylic acids is 1. The third-order valence-electron chi connectivity index (χ3n) is 2.22. The van der Waals surface area contributed by atoms with Gasteiger partial charge in [0.15, 0.2) is 6.29 Å². The second-order valence-corrected chi connectivity index (χ2v) is 3.40. The molecule has 1 aliphatic rings. The van der Waals surface area contributed by atoms with Gasteiger partial charge in [0.25, 0.3) is 0 Å². The Morgan fingerprint density at radius 2 is 1.81 bits per heavy atom. The Labute approximate surface area is 90.6 Å². The van der Waals surface area contributed by atoms with Crippen molar-refractivity contribution in [2.45, 2.75) is 30.7 Å². The van der Waals surface area contributed by atoms with Crippen molar-refractivity contribution < 1.29 is 39.8 Å². The van der Waals surface area contributed by atoms with E-state index in [1.54, 1.807) is 0 Å². The van der Waals surface area contributed by atoms with Crippen molar-refractivity contribution in [3.05, 3.63) is 0 Å². The molecule has 0 unspecified atom stereocenters. The van der Waals surface area contributed by atoms with Crippen LogP contribution in [0.5, 0.6) is 0 Å². The van der Waals surface area contributed by atoms with Crippen LogP contribution in [0.3, 0.4) is 0 Å². The van der Waals surface area contributed by atoms with Gasteiger partial charge in [-0.2, -0.15) is 0 Å². The highest BCUT2D eigenvalue weighted by atomic mass is 16.7. The summed E-state index contributed by atoms with van der Waals surface area (Å²) in [7, 11) is 0. The van der Waals surface area contributed by atoms with Gasteiger partial charge in [0.1, 0.15) is 31.0 Å². The van der Waals surface area contributed by atoms with Gasteiger partial charge >= 0.3 is 5.97 Å². The molecular formula is C8H14O8. The van der Waals surface area contributed by atoms with Crippen LogP contribution in [0, 0.1) is 0 Å². The summed E-state index contributed by atoms with van der Waals surface area (Å²) in [5, 5.41) is 45.3. The molecule has 1 fully saturated rings. The average Bonchev–Trinajstić information content (AvgIpc) is 2.25. The topological polar surface area (TPSA) is 137 Å². The highest BCUT2D eigenvalue weighted by Crippen LogP contribution is 2.21. The fourth-order valence-corrected chi connectivity index (χ4v) is 1.36. The van der Waals surface area contributed by atoms with Gasteiger partial charge in [-0.15, -0.1) is 0 Å². The summed E-state index contributed by atoms with van der Waals surface area (Å²) >= 11 is 0. The molecule has 8 nitrogen and oxygen atoms in total. The maximum atomic E-state index is 10.2. The second-order valence-electron chi connectivity index (χ2n) is 3.40. The normalized spacial score (nSPS) is 39.6. The fourth-order valence-electron chi connectivity index (χ4n) is 1.36. The summed E-state index contributed by atoms with van der Waals surface area (Å²) < 4.78 is 9.54. The Morgan fingerprint density at radius 3 is 2.31 bits per heavy atom. The average molecular weight is 238 g/mol. The van der Waals surface area contributed by atoms with E-state index in [-0.39, 0.29) is 0 Å². The lowest BCUT2D eigenvalue weighted by Gasteiger charge is -2.39. The molecule has 0 radical (unpaired) electrons. The molecule has 0 spiro atoms. The van der Waals surface area contributed by atoms with E-state index in [2.05, 4.69) is 4.74 Å². The molecule has 16 heavy (non-hydrogen) atoms. The van der Waals surface area contributed by atoms with Crippen LogP contribution in [0.25, 0.3) is 0 Å².